The molecule has 19 heavy (non-hydrogen) atoms. The van der Waals surface area contributed by atoms with Gasteiger partial charge in [0.1, 0.15) is 0 Å². The molecule has 0 saturated heterocycles. The summed E-state index contributed by atoms with van der Waals surface area (Å²) in [4.78, 5) is 2.41. The number of unbranched alkanes of at least 4 members (excludes halogenated alkanes) is 1. The molecule has 1 aliphatic carbocycles. The van der Waals surface area contributed by atoms with Crippen molar-refractivity contribution in [2.45, 2.75) is 44.7 Å². The average molecular weight is 281 g/mol. The maximum Gasteiger partial charge on any atom is 0.0409 e. The second-order valence-corrected chi connectivity index (χ2v) is 6.08. The molecule has 0 aromatic heterocycles. The quantitative estimate of drug-likeness (QED) is 0.728. The van der Waals surface area contributed by atoms with Crippen molar-refractivity contribution in [1.29, 1.82) is 0 Å². The molecule has 1 atom stereocenters. The van der Waals surface area contributed by atoms with E-state index >= 15 is 0 Å². The molecule has 1 aromatic carbocycles. The molecule has 3 heteroatoms. The molecule has 106 valence electrons. The molecular weight excluding hydrogens is 256 g/mol. The van der Waals surface area contributed by atoms with Gasteiger partial charge in [-0.15, -0.1) is 0 Å². The molecule has 0 heterocycles. The number of hydrogen-bond donors (Lipinski definition) is 1. The summed E-state index contributed by atoms with van der Waals surface area (Å²) in [6.07, 6.45) is 5.28. The second kappa shape index (κ2) is 7.28. The topological polar surface area (TPSA) is 15.3 Å². The summed E-state index contributed by atoms with van der Waals surface area (Å²) in [5, 5.41) is 4.39. The van der Waals surface area contributed by atoms with Gasteiger partial charge in [-0.25, -0.2) is 0 Å². The third-order valence-corrected chi connectivity index (χ3v) is 4.18. The van der Waals surface area contributed by atoms with Gasteiger partial charge >= 0.3 is 0 Å². The van der Waals surface area contributed by atoms with Crippen LogP contribution in [0, 0.1) is 0 Å². The van der Waals surface area contributed by atoms with Crippen LogP contribution in [0.5, 0.6) is 0 Å². The SMILES string of the molecule is CC(c1cccc(Cl)c1)N(C)CCCCNC1CC1. The molecule has 2 rings (SSSR count). The summed E-state index contributed by atoms with van der Waals surface area (Å²) < 4.78 is 0. The Balaban J connectivity index is 1.67. The molecule has 1 unspecified atom stereocenters. The lowest BCUT2D eigenvalue weighted by Gasteiger charge is -2.25. The van der Waals surface area contributed by atoms with Gasteiger partial charge in [0.25, 0.3) is 0 Å². The lowest BCUT2D eigenvalue weighted by molar-refractivity contribution is 0.256. The van der Waals surface area contributed by atoms with Crippen LogP contribution >= 0.6 is 11.6 Å². The van der Waals surface area contributed by atoms with Crippen molar-refractivity contribution >= 4 is 11.6 Å². The summed E-state index contributed by atoms with van der Waals surface area (Å²) >= 11 is 6.05. The van der Waals surface area contributed by atoms with Gasteiger partial charge in [-0.1, -0.05) is 23.7 Å². The van der Waals surface area contributed by atoms with Gasteiger partial charge in [-0.05, 0) is 70.4 Å². The minimum Gasteiger partial charge on any atom is -0.314 e. The van der Waals surface area contributed by atoms with Gasteiger partial charge in [-0.2, -0.15) is 0 Å². The van der Waals surface area contributed by atoms with Crippen LogP contribution in [0.3, 0.4) is 0 Å². The first-order valence-corrected chi connectivity index (χ1v) is 7.73. The normalized spacial score (nSPS) is 16.8. The number of benzene rings is 1. The van der Waals surface area contributed by atoms with Crippen LogP contribution in [-0.4, -0.2) is 31.1 Å². The number of rotatable bonds is 8. The standard InChI is InChI=1S/C16H25ClN2/c1-13(14-6-5-7-15(17)12-14)19(2)11-4-3-10-18-16-8-9-16/h5-7,12-13,16,18H,3-4,8-11H2,1-2H3. The molecule has 1 aliphatic rings. The van der Waals surface area contributed by atoms with Gasteiger partial charge in [-0.3, -0.25) is 4.90 Å². The third kappa shape index (κ3) is 5.13. The van der Waals surface area contributed by atoms with Crippen molar-refractivity contribution in [3.8, 4) is 0 Å². The molecule has 0 amide bonds. The monoisotopic (exact) mass is 280 g/mol. The van der Waals surface area contributed by atoms with Gasteiger partial charge in [0.05, 0.1) is 0 Å². The van der Waals surface area contributed by atoms with Crippen molar-refractivity contribution in [2.75, 3.05) is 20.1 Å². The molecule has 0 aliphatic heterocycles. The van der Waals surface area contributed by atoms with Gasteiger partial charge in [0.15, 0.2) is 0 Å². The number of halogens is 1. The van der Waals surface area contributed by atoms with Gasteiger partial charge < -0.3 is 5.32 Å². The zero-order valence-electron chi connectivity index (χ0n) is 12.0. The van der Waals surface area contributed by atoms with E-state index in [1.54, 1.807) is 0 Å². The van der Waals surface area contributed by atoms with E-state index in [1.165, 1.54) is 37.8 Å². The van der Waals surface area contributed by atoms with E-state index in [-0.39, 0.29) is 0 Å². The molecule has 1 aromatic rings. The average Bonchev–Trinajstić information content (AvgIpc) is 3.21. The summed E-state index contributed by atoms with van der Waals surface area (Å²) in [5.41, 5.74) is 1.30. The van der Waals surface area contributed by atoms with Gasteiger partial charge in [0.2, 0.25) is 0 Å². The lowest BCUT2D eigenvalue weighted by Crippen LogP contribution is -2.25. The Hall–Kier alpha value is -0.570. The van der Waals surface area contributed by atoms with Crippen molar-refractivity contribution in [2.24, 2.45) is 0 Å². The predicted octanol–water partition coefficient (Wildman–Crippen LogP) is 3.87. The molecule has 0 bridgehead atoms. The number of nitrogens with one attached hydrogen (secondary N) is 1. The Morgan fingerprint density at radius 2 is 2.16 bits per heavy atom. The maximum absolute atomic E-state index is 6.05. The van der Waals surface area contributed by atoms with E-state index in [9.17, 15) is 0 Å². The van der Waals surface area contributed by atoms with Crippen LogP contribution in [0.2, 0.25) is 5.02 Å². The highest BCUT2D eigenvalue weighted by Crippen LogP contribution is 2.22. The van der Waals surface area contributed by atoms with Crippen LogP contribution in [0.15, 0.2) is 24.3 Å². The Morgan fingerprint density at radius 3 is 2.84 bits per heavy atom. The summed E-state index contributed by atoms with van der Waals surface area (Å²) in [5.74, 6) is 0. The number of hydrogen-bond acceptors (Lipinski definition) is 2. The molecule has 1 saturated carbocycles. The smallest absolute Gasteiger partial charge is 0.0409 e. The van der Waals surface area contributed by atoms with Crippen molar-refractivity contribution < 1.29 is 0 Å². The fourth-order valence-corrected chi connectivity index (χ4v) is 2.49. The maximum atomic E-state index is 6.05. The Bertz CT molecular complexity index is 390. The Labute approximate surface area is 122 Å². The van der Waals surface area contributed by atoms with Crippen molar-refractivity contribution in [3.05, 3.63) is 34.9 Å². The Morgan fingerprint density at radius 1 is 1.37 bits per heavy atom. The minimum absolute atomic E-state index is 0.426. The zero-order valence-corrected chi connectivity index (χ0v) is 12.8. The van der Waals surface area contributed by atoms with E-state index in [0.717, 1.165) is 17.6 Å². The van der Waals surface area contributed by atoms with Crippen LogP contribution in [0.4, 0.5) is 0 Å². The molecule has 0 spiro atoms. The molecule has 0 radical (unpaired) electrons. The highest BCUT2D eigenvalue weighted by molar-refractivity contribution is 6.30. The van der Waals surface area contributed by atoms with E-state index < -0.39 is 0 Å². The zero-order chi connectivity index (χ0) is 13.7. The largest absolute Gasteiger partial charge is 0.314 e. The number of nitrogens with zero attached hydrogens (tertiary/aromatic N) is 1. The molecular formula is C16H25ClN2. The predicted molar refractivity (Wildman–Crippen MR) is 82.8 cm³/mol. The van der Waals surface area contributed by atoms with Crippen molar-refractivity contribution in [1.82, 2.24) is 10.2 Å². The van der Waals surface area contributed by atoms with E-state index in [1.807, 2.05) is 12.1 Å². The van der Waals surface area contributed by atoms with Crippen LogP contribution in [0.1, 0.15) is 44.2 Å². The first kappa shape index (κ1) is 14.8. The Kier molecular flexibility index (Phi) is 5.68. The highest BCUT2D eigenvalue weighted by atomic mass is 35.5. The summed E-state index contributed by atoms with van der Waals surface area (Å²) in [6, 6.07) is 9.44. The first-order valence-electron chi connectivity index (χ1n) is 7.36. The lowest BCUT2D eigenvalue weighted by atomic mass is 10.1. The third-order valence-electron chi connectivity index (χ3n) is 3.94. The summed E-state index contributed by atoms with van der Waals surface area (Å²) in [6.45, 7) is 4.55. The van der Waals surface area contributed by atoms with E-state index in [4.69, 9.17) is 11.6 Å². The molecule has 1 N–H and O–H groups in total. The van der Waals surface area contributed by atoms with Crippen LogP contribution in [-0.2, 0) is 0 Å². The van der Waals surface area contributed by atoms with Crippen LogP contribution < -0.4 is 5.32 Å². The van der Waals surface area contributed by atoms with E-state index in [0.29, 0.717) is 6.04 Å². The van der Waals surface area contributed by atoms with Gasteiger partial charge in [0, 0.05) is 17.1 Å². The fraction of sp³-hybridized carbons (Fsp3) is 0.625. The summed E-state index contributed by atoms with van der Waals surface area (Å²) in [7, 11) is 2.19. The van der Waals surface area contributed by atoms with Crippen LogP contribution in [0.25, 0.3) is 0 Å². The van der Waals surface area contributed by atoms with E-state index in [2.05, 4.69) is 36.3 Å². The second-order valence-electron chi connectivity index (χ2n) is 5.65. The molecule has 2 nitrogen and oxygen atoms in total. The molecule has 1 fully saturated rings. The minimum atomic E-state index is 0.426. The van der Waals surface area contributed by atoms with Crippen molar-refractivity contribution in [3.63, 3.8) is 0 Å². The highest BCUT2D eigenvalue weighted by Gasteiger charge is 2.19. The fourth-order valence-electron chi connectivity index (χ4n) is 2.29. The first-order chi connectivity index (χ1) is 9.16.